The highest BCUT2D eigenvalue weighted by Crippen LogP contribution is 2.51. The summed E-state index contributed by atoms with van der Waals surface area (Å²) in [4.78, 5) is 2.40. The van der Waals surface area contributed by atoms with Crippen molar-refractivity contribution in [1.29, 1.82) is 0 Å². The van der Waals surface area contributed by atoms with Gasteiger partial charge < -0.3 is 4.90 Å². The van der Waals surface area contributed by atoms with E-state index in [-0.39, 0.29) is 5.41 Å². The van der Waals surface area contributed by atoms with Crippen LogP contribution in [0.25, 0.3) is 61.1 Å². The number of hydrogen-bond acceptors (Lipinski definition) is 2. The molecule has 252 valence electrons. The van der Waals surface area contributed by atoms with Crippen molar-refractivity contribution in [3.05, 3.63) is 199 Å². The molecule has 0 radical (unpaired) electrons. The van der Waals surface area contributed by atoms with E-state index in [1.807, 2.05) is 0 Å². The lowest BCUT2D eigenvalue weighted by atomic mass is 9.82. The SMILES string of the molecule is CC1(C)c2ccccc2-c2ccc(N(c3ccccc3)c3ccc4cc(-c5ccccc5)n5nc(-c6ccccc6)c(-c6ccccc6)c5c4c3)cc21. The largest absolute Gasteiger partial charge is 0.310 e. The van der Waals surface area contributed by atoms with E-state index in [1.165, 1.54) is 22.3 Å². The average molecular weight is 680 g/mol. The second-order valence-electron chi connectivity index (χ2n) is 14.5. The van der Waals surface area contributed by atoms with Gasteiger partial charge in [-0.25, -0.2) is 4.52 Å². The molecular weight excluding hydrogens is 643 g/mol. The summed E-state index contributed by atoms with van der Waals surface area (Å²) in [6, 6.07) is 67.7. The molecule has 1 aliphatic carbocycles. The molecule has 0 bridgehead atoms. The summed E-state index contributed by atoms with van der Waals surface area (Å²) in [5, 5.41) is 7.76. The third-order valence-corrected chi connectivity index (χ3v) is 11.0. The summed E-state index contributed by atoms with van der Waals surface area (Å²) in [6.45, 7) is 4.70. The minimum atomic E-state index is -0.107. The van der Waals surface area contributed by atoms with Crippen LogP contribution in [0, 0.1) is 0 Å². The molecule has 0 spiro atoms. The van der Waals surface area contributed by atoms with Crippen LogP contribution in [-0.4, -0.2) is 9.61 Å². The van der Waals surface area contributed by atoms with Crippen LogP contribution in [0.2, 0.25) is 0 Å². The molecule has 53 heavy (non-hydrogen) atoms. The van der Waals surface area contributed by atoms with Crippen molar-refractivity contribution in [3.8, 4) is 44.8 Å². The van der Waals surface area contributed by atoms with Crippen LogP contribution in [0.5, 0.6) is 0 Å². The molecule has 0 amide bonds. The molecule has 1 aliphatic rings. The van der Waals surface area contributed by atoms with Gasteiger partial charge in [0, 0.05) is 44.6 Å². The monoisotopic (exact) mass is 679 g/mol. The minimum Gasteiger partial charge on any atom is -0.310 e. The summed E-state index contributed by atoms with van der Waals surface area (Å²) in [6.07, 6.45) is 0. The average Bonchev–Trinajstić information content (AvgIpc) is 3.73. The molecule has 0 fully saturated rings. The Morgan fingerprint density at radius 2 is 1.04 bits per heavy atom. The quantitative estimate of drug-likeness (QED) is 0.174. The fourth-order valence-electron chi connectivity index (χ4n) is 8.41. The Bertz CT molecular complexity index is 2780. The number of aromatic nitrogens is 2. The lowest BCUT2D eigenvalue weighted by Crippen LogP contribution is -2.16. The van der Waals surface area contributed by atoms with Crippen molar-refractivity contribution in [1.82, 2.24) is 9.61 Å². The molecule has 0 N–H and O–H groups in total. The number of anilines is 3. The third kappa shape index (κ3) is 5.00. The highest BCUT2D eigenvalue weighted by molar-refractivity contribution is 6.10. The molecule has 10 rings (SSSR count). The first kappa shape index (κ1) is 31.1. The van der Waals surface area contributed by atoms with Gasteiger partial charge in [-0.1, -0.05) is 159 Å². The van der Waals surface area contributed by atoms with Crippen LogP contribution < -0.4 is 4.90 Å². The number of rotatable bonds is 6. The maximum atomic E-state index is 5.45. The van der Waals surface area contributed by atoms with E-state index in [4.69, 9.17) is 5.10 Å². The van der Waals surface area contributed by atoms with E-state index in [1.54, 1.807) is 0 Å². The van der Waals surface area contributed by atoms with Gasteiger partial charge in [0.25, 0.3) is 0 Å². The Morgan fingerprint density at radius 1 is 0.472 bits per heavy atom. The van der Waals surface area contributed by atoms with E-state index in [0.717, 1.165) is 67.0 Å². The van der Waals surface area contributed by atoms with Crippen molar-refractivity contribution in [2.45, 2.75) is 19.3 Å². The first-order valence-electron chi connectivity index (χ1n) is 18.3. The van der Waals surface area contributed by atoms with Gasteiger partial charge in [0.2, 0.25) is 0 Å². The number of fused-ring (bicyclic) bond motifs is 6. The molecule has 9 aromatic rings. The van der Waals surface area contributed by atoms with Crippen LogP contribution in [0.1, 0.15) is 25.0 Å². The second kappa shape index (κ2) is 12.2. The summed E-state index contributed by atoms with van der Waals surface area (Å²) >= 11 is 0. The zero-order valence-corrected chi connectivity index (χ0v) is 29.7. The van der Waals surface area contributed by atoms with Gasteiger partial charge in [0.1, 0.15) is 5.69 Å². The van der Waals surface area contributed by atoms with E-state index in [9.17, 15) is 0 Å². The van der Waals surface area contributed by atoms with Crippen LogP contribution in [0.4, 0.5) is 17.1 Å². The minimum absolute atomic E-state index is 0.107. The highest BCUT2D eigenvalue weighted by atomic mass is 15.2. The fraction of sp³-hybridized carbons (Fsp3) is 0.0600. The van der Waals surface area contributed by atoms with Gasteiger partial charge in [-0.3, -0.25) is 0 Å². The summed E-state index contributed by atoms with van der Waals surface area (Å²) in [5.74, 6) is 0. The molecule has 0 saturated heterocycles. The van der Waals surface area contributed by atoms with E-state index >= 15 is 0 Å². The summed E-state index contributed by atoms with van der Waals surface area (Å²) in [7, 11) is 0. The van der Waals surface area contributed by atoms with E-state index < -0.39 is 0 Å². The number of pyridine rings is 1. The van der Waals surface area contributed by atoms with Crippen LogP contribution in [-0.2, 0) is 5.41 Å². The summed E-state index contributed by atoms with van der Waals surface area (Å²) < 4.78 is 2.17. The first-order valence-corrected chi connectivity index (χ1v) is 18.3. The Kier molecular flexibility index (Phi) is 7.16. The van der Waals surface area contributed by atoms with Gasteiger partial charge in [0.15, 0.2) is 0 Å². The molecule has 2 heterocycles. The molecule has 3 nitrogen and oxygen atoms in total. The van der Waals surface area contributed by atoms with Gasteiger partial charge in [0.05, 0.1) is 11.2 Å². The number of benzene rings is 7. The second-order valence-corrected chi connectivity index (χ2v) is 14.5. The maximum absolute atomic E-state index is 5.45. The van der Waals surface area contributed by atoms with Crippen LogP contribution in [0.15, 0.2) is 188 Å². The molecule has 0 saturated carbocycles. The van der Waals surface area contributed by atoms with Gasteiger partial charge in [-0.05, 0) is 75.7 Å². The van der Waals surface area contributed by atoms with Crippen LogP contribution >= 0.6 is 0 Å². The standard InChI is InChI=1S/C50H37N3/c1-50(2)44-26-16-15-25-41(44)42-30-29-40(33-45(42)50)52(38-23-13-6-14-24-38)39-28-27-37-31-46(34-17-7-3-8-18-34)53-49(43(37)32-39)47(35-19-9-4-10-20-35)48(51-53)36-21-11-5-12-22-36/h3-33H,1-2H3. The number of para-hydroxylation sites is 1. The van der Waals surface area contributed by atoms with E-state index in [2.05, 4.69) is 211 Å². The fourth-order valence-corrected chi connectivity index (χ4v) is 8.41. The van der Waals surface area contributed by atoms with Crippen molar-refractivity contribution in [2.75, 3.05) is 4.90 Å². The molecule has 7 aromatic carbocycles. The normalized spacial score (nSPS) is 12.9. The molecule has 0 atom stereocenters. The highest BCUT2D eigenvalue weighted by Gasteiger charge is 2.35. The zero-order chi connectivity index (χ0) is 35.5. The van der Waals surface area contributed by atoms with Crippen LogP contribution in [0.3, 0.4) is 0 Å². The molecule has 3 heteroatoms. The predicted molar refractivity (Wildman–Crippen MR) is 221 cm³/mol. The lowest BCUT2D eigenvalue weighted by Gasteiger charge is -2.28. The lowest BCUT2D eigenvalue weighted by molar-refractivity contribution is 0.660. The molecule has 0 unspecified atom stereocenters. The van der Waals surface area contributed by atoms with Crippen molar-refractivity contribution >= 4 is 33.4 Å². The van der Waals surface area contributed by atoms with Crippen molar-refractivity contribution in [2.24, 2.45) is 0 Å². The summed E-state index contributed by atoms with van der Waals surface area (Å²) in [5.41, 5.74) is 16.2. The third-order valence-electron chi connectivity index (χ3n) is 11.0. The Hall–Kier alpha value is -6.71. The Morgan fingerprint density at radius 3 is 1.75 bits per heavy atom. The van der Waals surface area contributed by atoms with E-state index in [0.29, 0.717) is 0 Å². The van der Waals surface area contributed by atoms with Crippen molar-refractivity contribution < 1.29 is 0 Å². The predicted octanol–water partition coefficient (Wildman–Crippen LogP) is 13.3. The molecular formula is C50H37N3. The first-order chi connectivity index (χ1) is 26.1. The van der Waals surface area contributed by atoms with Gasteiger partial charge in [-0.2, -0.15) is 5.10 Å². The number of hydrogen-bond donors (Lipinski definition) is 0. The van der Waals surface area contributed by atoms with Gasteiger partial charge in [-0.15, -0.1) is 0 Å². The number of nitrogens with zero attached hydrogens (tertiary/aromatic N) is 3. The topological polar surface area (TPSA) is 20.5 Å². The maximum Gasteiger partial charge on any atom is 0.101 e. The Balaban J connectivity index is 1.26. The van der Waals surface area contributed by atoms with Gasteiger partial charge >= 0.3 is 0 Å². The Labute approximate surface area is 310 Å². The zero-order valence-electron chi connectivity index (χ0n) is 29.7. The molecule has 0 aliphatic heterocycles. The molecule has 2 aromatic heterocycles. The van der Waals surface area contributed by atoms with Crippen molar-refractivity contribution in [3.63, 3.8) is 0 Å². The smallest absolute Gasteiger partial charge is 0.101 e.